The van der Waals surface area contributed by atoms with Crippen LogP contribution >= 0.6 is 23.2 Å². The van der Waals surface area contributed by atoms with Gasteiger partial charge in [0, 0.05) is 38.3 Å². The zero-order valence-corrected chi connectivity index (χ0v) is 19.4. The average Bonchev–Trinajstić information content (AvgIpc) is 2.80. The van der Waals surface area contributed by atoms with Crippen LogP contribution in [-0.2, 0) is 0 Å². The smallest absolute Gasteiger partial charge is 0.178 e. The minimum absolute atomic E-state index is 0.398. The van der Waals surface area contributed by atoms with E-state index in [0.29, 0.717) is 39.5 Å². The second-order valence-corrected chi connectivity index (χ2v) is 8.06. The average molecular weight is 464 g/mol. The molecular weight excluding hydrogens is 437 g/mol. The summed E-state index contributed by atoms with van der Waals surface area (Å²) in [6.07, 6.45) is 1.97. The van der Waals surface area contributed by atoms with Gasteiger partial charge in [0.2, 0.25) is 0 Å². The van der Waals surface area contributed by atoms with Gasteiger partial charge in [-0.05, 0) is 31.5 Å². The normalized spacial score (nSPS) is 14.2. The largest absolute Gasteiger partial charge is 0.493 e. The van der Waals surface area contributed by atoms with Crippen molar-refractivity contribution in [2.75, 3.05) is 58.5 Å². The van der Waals surface area contributed by atoms with E-state index in [2.05, 4.69) is 15.9 Å². The third kappa shape index (κ3) is 5.88. The van der Waals surface area contributed by atoms with E-state index in [1.165, 1.54) is 7.11 Å². The molecule has 0 saturated carbocycles. The molecule has 31 heavy (non-hydrogen) atoms. The maximum Gasteiger partial charge on any atom is 0.178 e. The van der Waals surface area contributed by atoms with Crippen LogP contribution in [0.3, 0.4) is 0 Å². The Bertz CT molecular complexity index is 925. The lowest BCUT2D eigenvalue weighted by molar-refractivity contribution is 0.238. The Labute approximate surface area is 193 Å². The van der Waals surface area contributed by atoms with Gasteiger partial charge in [0.1, 0.15) is 17.4 Å². The van der Waals surface area contributed by atoms with Crippen LogP contribution in [0, 0.1) is 11.3 Å². The lowest BCUT2D eigenvalue weighted by Crippen LogP contribution is -2.46. The van der Waals surface area contributed by atoms with Crippen LogP contribution in [0.5, 0.6) is 17.2 Å². The first kappa shape index (κ1) is 23.3. The highest BCUT2D eigenvalue weighted by Crippen LogP contribution is 2.35. The Morgan fingerprint density at radius 3 is 2.48 bits per heavy atom. The number of unbranched alkanes of at least 4 members (excludes halogenated alkanes) is 1. The summed E-state index contributed by atoms with van der Waals surface area (Å²) in [6, 6.07) is 11.3. The van der Waals surface area contributed by atoms with Crippen LogP contribution < -0.4 is 19.1 Å². The monoisotopic (exact) mass is 463 g/mol. The van der Waals surface area contributed by atoms with Crippen LogP contribution in [0.25, 0.3) is 0 Å². The van der Waals surface area contributed by atoms with Crippen LogP contribution in [-0.4, -0.2) is 58.5 Å². The van der Waals surface area contributed by atoms with E-state index in [9.17, 15) is 5.26 Å². The fraction of sp³-hybridized carbons (Fsp3) is 0.435. The van der Waals surface area contributed by atoms with Crippen LogP contribution in [0.1, 0.15) is 18.4 Å². The van der Waals surface area contributed by atoms with E-state index in [1.54, 1.807) is 19.2 Å². The molecule has 0 bridgehead atoms. The van der Waals surface area contributed by atoms with Crippen molar-refractivity contribution in [2.45, 2.75) is 12.8 Å². The Hall–Kier alpha value is -2.33. The van der Waals surface area contributed by atoms with Crippen molar-refractivity contribution in [3.63, 3.8) is 0 Å². The highest BCUT2D eigenvalue weighted by Gasteiger charge is 2.19. The molecule has 0 N–H and O–H groups in total. The van der Waals surface area contributed by atoms with Gasteiger partial charge in [0.05, 0.1) is 36.6 Å². The lowest BCUT2D eigenvalue weighted by atomic mass is 10.2. The molecule has 1 fully saturated rings. The minimum atomic E-state index is 0.398. The number of hydrogen-bond acceptors (Lipinski definition) is 6. The molecule has 0 unspecified atom stereocenters. The predicted octanol–water partition coefficient (Wildman–Crippen LogP) is 4.86. The molecule has 166 valence electrons. The molecule has 0 atom stereocenters. The minimum Gasteiger partial charge on any atom is -0.493 e. The number of nitriles is 1. The Balaban J connectivity index is 1.40. The summed E-state index contributed by atoms with van der Waals surface area (Å²) in [5, 5.41) is 10.5. The first-order valence-corrected chi connectivity index (χ1v) is 11.0. The summed E-state index contributed by atoms with van der Waals surface area (Å²) >= 11 is 12.5. The molecule has 1 aliphatic rings. The summed E-state index contributed by atoms with van der Waals surface area (Å²) < 4.78 is 16.4. The van der Waals surface area contributed by atoms with Crippen LogP contribution in [0.15, 0.2) is 30.3 Å². The quantitative estimate of drug-likeness (QED) is 0.494. The molecule has 1 saturated heterocycles. The summed E-state index contributed by atoms with van der Waals surface area (Å²) in [7, 11) is 3.06. The van der Waals surface area contributed by atoms with Crippen LogP contribution in [0.2, 0.25) is 10.0 Å². The third-order valence-corrected chi connectivity index (χ3v) is 6.16. The summed E-state index contributed by atoms with van der Waals surface area (Å²) in [5.41, 5.74) is 1.41. The van der Waals surface area contributed by atoms with Crippen molar-refractivity contribution in [1.82, 2.24) is 4.90 Å². The van der Waals surface area contributed by atoms with E-state index in [-0.39, 0.29) is 0 Å². The van der Waals surface area contributed by atoms with Crippen molar-refractivity contribution < 1.29 is 14.2 Å². The van der Waals surface area contributed by atoms with Gasteiger partial charge >= 0.3 is 0 Å². The number of hydrogen-bond donors (Lipinski definition) is 0. The van der Waals surface area contributed by atoms with E-state index < -0.39 is 0 Å². The molecule has 2 aromatic rings. The fourth-order valence-electron chi connectivity index (χ4n) is 3.68. The lowest BCUT2D eigenvalue weighted by Gasteiger charge is -2.36. The van der Waals surface area contributed by atoms with E-state index in [0.717, 1.165) is 51.3 Å². The van der Waals surface area contributed by atoms with Crippen molar-refractivity contribution in [2.24, 2.45) is 0 Å². The zero-order valence-electron chi connectivity index (χ0n) is 17.9. The van der Waals surface area contributed by atoms with Gasteiger partial charge in [0.25, 0.3) is 0 Å². The van der Waals surface area contributed by atoms with E-state index in [4.69, 9.17) is 37.4 Å². The molecule has 0 amide bonds. The Morgan fingerprint density at radius 2 is 1.81 bits per heavy atom. The van der Waals surface area contributed by atoms with Crippen LogP contribution in [0.4, 0.5) is 5.69 Å². The number of ether oxygens (including phenoxy) is 3. The van der Waals surface area contributed by atoms with E-state index >= 15 is 0 Å². The molecule has 0 radical (unpaired) electrons. The van der Waals surface area contributed by atoms with Gasteiger partial charge in [-0.1, -0.05) is 29.3 Å². The first-order chi connectivity index (χ1) is 15.1. The molecule has 1 heterocycles. The van der Waals surface area contributed by atoms with Gasteiger partial charge in [-0.15, -0.1) is 0 Å². The third-order valence-electron chi connectivity index (χ3n) is 5.35. The number of anilines is 1. The Morgan fingerprint density at radius 1 is 1.03 bits per heavy atom. The second-order valence-electron chi connectivity index (χ2n) is 7.28. The molecule has 0 spiro atoms. The van der Waals surface area contributed by atoms with Gasteiger partial charge < -0.3 is 19.1 Å². The predicted molar refractivity (Wildman–Crippen MR) is 124 cm³/mol. The molecule has 2 aromatic carbocycles. The zero-order chi connectivity index (χ0) is 22.2. The summed E-state index contributed by atoms with van der Waals surface area (Å²) in [4.78, 5) is 4.75. The topological polar surface area (TPSA) is 58.0 Å². The van der Waals surface area contributed by atoms with Gasteiger partial charge in [-0.25, -0.2) is 0 Å². The van der Waals surface area contributed by atoms with Gasteiger partial charge in [-0.2, -0.15) is 5.26 Å². The van der Waals surface area contributed by atoms with Crippen molar-refractivity contribution in [3.05, 3.63) is 45.9 Å². The number of piperazine rings is 1. The maximum absolute atomic E-state index is 9.30. The van der Waals surface area contributed by atoms with Gasteiger partial charge in [-0.3, -0.25) is 4.90 Å². The SMILES string of the molecule is COc1cc(OCCCCN2CCN(c3cccc(Cl)c3Cl)CC2)cc(C#N)c1OC. The summed E-state index contributed by atoms with van der Waals surface area (Å²) in [6.45, 7) is 5.45. The molecular formula is C23H27Cl2N3O3. The second kappa shape index (κ2) is 11.3. The molecule has 3 rings (SSSR count). The highest BCUT2D eigenvalue weighted by atomic mass is 35.5. The number of nitrogens with zero attached hydrogens (tertiary/aromatic N) is 3. The number of rotatable bonds is 9. The molecule has 0 aromatic heterocycles. The van der Waals surface area contributed by atoms with Crippen molar-refractivity contribution in [1.29, 1.82) is 5.26 Å². The Kier molecular flexibility index (Phi) is 8.53. The molecule has 8 heteroatoms. The molecule has 0 aliphatic carbocycles. The van der Waals surface area contributed by atoms with E-state index in [1.807, 2.05) is 18.2 Å². The fourth-order valence-corrected chi connectivity index (χ4v) is 4.10. The number of halogens is 2. The van der Waals surface area contributed by atoms with Crippen molar-refractivity contribution >= 4 is 28.9 Å². The maximum atomic E-state index is 9.30. The van der Waals surface area contributed by atoms with Crippen molar-refractivity contribution in [3.8, 4) is 23.3 Å². The molecule has 1 aliphatic heterocycles. The van der Waals surface area contributed by atoms with Gasteiger partial charge in [0.15, 0.2) is 11.5 Å². The standard InChI is InChI=1S/C23H27Cl2N3O3/c1-29-21-15-18(14-17(16-26)23(21)30-2)31-13-4-3-8-27-9-11-28(12-10-27)20-7-5-6-19(24)22(20)25/h5-7,14-15H,3-4,8-13H2,1-2H3. The number of methoxy groups -OCH3 is 2. The highest BCUT2D eigenvalue weighted by molar-refractivity contribution is 6.43. The first-order valence-electron chi connectivity index (χ1n) is 10.3. The summed E-state index contributed by atoms with van der Waals surface area (Å²) in [5.74, 6) is 1.53. The molecule has 6 nitrogen and oxygen atoms in total. The number of benzene rings is 2.